The topological polar surface area (TPSA) is 55.7 Å². The summed E-state index contributed by atoms with van der Waals surface area (Å²) in [5.41, 5.74) is 5.99. The number of rotatable bonds is 6. The summed E-state index contributed by atoms with van der Waals surface area (Å²) in [5.74, 6) is 1.36. The molecule has 0 radical (unpaired) electrons. The molecule has 0 amide bonds. The highest BCUT2D eigenvalue weighted by molar-refractivity contribution is 7.15. The molecule has 128 valence electrons. The SMILES string of the molecule is COc1ccc(C=NNc2nc(-c3ccccc3)c(C)s2)cc1OC. The zero-order valence-electron chi connectivity index (χ0n) is 14.3. The van der Waals surface area contributed by atoms with E-state index in [2.05, 4.69) is 34.6 Å². The van der Waals surface area contributed by atoms with E-state index in [0.29, 0.717) is 11.5 Å². The Kier molecular flexibility index (Phi) is 5.30. The third-order valence-electron chi connectivity index (χ3n) is 3.63. The smallest absolute Gasteiger partial charge is 0.204 e. The van der Waals surface area contributed by atoms with Gasteiger partial charge in [-0.05, 0) is 30.7 Å². The Balaban J connectivity index is 1.73. The maximum atomic E-state index is 5.29. The number of ether oxygens (including phenoxy) is 2. The van der Waals surface area contributed by atoms with Gasteiger partial charge in [0.2, 0.25) is 5.13 Å². The van der Waals surface area contributed by atoms with Gasteiger partial charge in [-0.15, -0.1) is 11.3 Å². The van der Waals surface area contributed by atoms with Crippen LogP contribution in [0.15, 0.2) is 53.6 Å². The van der Waals surface area contributed by atoms with Gasteiger partial charge >= 0.3 is 0 Å². The molecule has 1 N–H and O–H groups in total. The van der Waals surface area contributed by atoms with Crippen molar-refractivity contribution in [1.82, 2.24) is 4.98 Å². The van der Waals surface area contributed by atoms with Crippen LogP contribution in [-0.2, 0) is 0 Å². The molecule has 6 heteroatoms. The highest BCUT2D eigenvalue weighted by Crippen LogP contribution is 2.30. The van der Waals surface area contributed by atoms with Gasteiger partial charge in [-0.2, -0.15) is 5.10 Å². The van der Waals surface area contributed by atoms with Gasteiger partial charge in [0.25, 0.3) is 0 Å². The van der Waals surface area contributed by atoms with Crippen LogP contribution in [0.2, 0.25) is 0 Å². The predicted molar refractivity (Wildman–Crippen MR) is 103 cm³/mol. The zero-order chi connectivity index (χ0) is 17.6. The number of benzene rings is 2. The molecule has 3 rings (SSSR count). The van der Waals surface area contributed by atoms with Crippen molar-refractivity contribution >= 4 is 22.7 Å². The summed E-state index contributed by atoms with van der Waals surface area (Å²) in [6.07, 6.45) is 1.72. The van der Waals surface area contributed by atoms with Gasteiger partial charge in [0.15, 0.2) is 11.5 Å². The fraction of sp³-hybridized carbons (Fsp3) is 0.158. The Morgan fingerprint density at radius 1 is 1.04 bits per heavy atom. The monoisotopic (exact) mass is 353 g/mol. The lowest BCUT2D eigenvalue weighted by atomic mass is 10.1. The van der Waals surface area contributed by atoms with Crippen LogP contribution in [0, 0.1) is 6.92 Å². The minimum absolute atomic E-state index is 0.669. The molecule has 0 saturated carbocycles. The molecule has 0 saturated heterocycles. The quantitative estimate of drug-likeness (QED) is 0.520. The minimum Gasteiger partial charge on any atom is -0.493 e. The molecule has 5 nitrogen and oxygen atoms in total. The van der Waals surface area contributed by atoms with Crippen LogP contribution in [-0.4, -0.2) is 25.4 Å². The van der Waals surface area contributed by atoms with E-state index in [4.69, 9.17) is 9.47 Å². The van der Waals surface area contributed by atoms with Crippen LogP contribution < -0.4 is 14.9 Å². The molecule has 25 heavy (non-hydrogen) atoms. The number of aryl methyl sites for hydroxylation is 1. The number of hydrogen-bond donors (Lipinski definition) is 1. The van der Waals surface area contributed by atoms with Gasteiger partial charge in [0, 0.05) is 10.4 Å². The van der Waals surface area contributed by atoms with Crippen molar-refractivity contribution in [2.75, 3.05) is 19.6 Å². The lowest BCUT2D eigenvalue weighted by molar-refractivity contribution is 0.355. The van der Waals surface area contributed by atoms with E-state index in [0.717, 1.165) is 26.8 Å². The number of thiazole rings is 1. The van der Waals surface area contributed by atoms with Gasteiger partial charge < -0.3 is 9.47 Å². The van der Waals surface area contributed by atoms with Crippen molar-refractivity contribution in [1.29, 1.82) is 0 Å². The van der Waals surface area contributed by atoms with Crippen molar-refractivity contribution in [3.63, 3.8) is 0 Å². The predicted octanol–water partition coefficient (Wildman–Crippen LogP) is 4.58. The summed E-state index contributed by atoms with van der Waals surface area (Å²) in [6, 6.07) is 15.8. The molecule has 1 heterocycles. The van der Waals surface area contributed by atoms with E-state index in [1.165, 1.54) is 0 Å². The van der Waals surface area contributed by atoms with Crippen molar-refractivity contribution in [2.45, 2.75) is 6.92 Å². The molecule has 2 aromatic carbocycles. The fourth-order valence-corrected chi connectivity index (χ4v) is 3.19. The number of hydrazone groups is 1. The van der Waals surface area contributed by atoms with E-state index in [1.807, 2.05) is 36.4 Å². The fourth-order valence-electron chi connectivity index (χ4n) is 2.40. The lowest BCUT2D eigenvalue weighted by Crippen LogP contribution is -1.93. The van der Waals surface area contributed by atoms with Gasteiger partial charge in [0.1, 0.15) is 0 Å². The first-order valence-corrected chi connectivity index (χ1v) is 8.57. The summed E-state index contributed by atoms with van der Waals surface area (Å²) < 4.78 is 10.5. The van der Waals surface area contributed by atoms with Crippen molar-refractivity contribution < 1.29 is 9.47 Å². The van der Waals surface area contributed by atoms with E-state index >= 15 is 0 Å². The molecule has 1 aromatic heterocycles. The van der Waals surface area contributed by atoms with E-state index in [1.54, 1.807) is 31.8 Å². The number of methoxy groups -OCH3 is 2. The van der Waals surface area contributed by atoms with E-state index in [9.17, 15) is 0 Å². The molecule has 0 aliphatic heterocycles. The Morgan fingerprint density at radius 2 is 1.80 bits per heavy atom. The van der Waals surface area contributed by atoms with Gasteiger partial charge in [-0.25, -0.2) is 4.98 Å². The Hall–Kier alpha value is -2.86. The van der Waals surface area contributed by atoms with Gasteiger partial charge in [-0.1, -0.05) is 30.3 Å². The van der Waals surface area contributed by atoms with Crippen molar-refractivity contribution in [2.24, 2.45) is 5.10 Å². The number of anilines is 1. The zero-order valence-corrected chi connectivity index (χ0v) is 15.1. The van der Waals surface area contributed by atoms with Gasteiger partial charge in [0.05, 0.1) is 26.1 Å². The molecule has 0 spiro atoms. The average Bonchev–Trinajstić information content (AvgIpc) is 3.03. The highest BCUT2D eigenvalue weighted by Gasteiger charge is 2.09. The van der Waals surface area contributed by atoms with Crippen LogP contribution in [0.3, 0.4) is 0 Å². The second-order valence-corrected chi connectivity index (χ2v) is 6.48. The molecular formula is C19H19N3O2S. The second kappa shape index (κ2) is 7.81. The first-order chi connectivity index (χ1) is 12.2. The number of hydrogen-bond acceptors (Lipinski definition) is 6. The summed E-state index contributed by atoms with van der Waals surface area (Å²) >= 11 is 1.58. The summed E-state index contributed by atoms with van der Waals surface area (Å²) in [6.45, 7) is 2.06. The second-order valence-electron chi connectivity index (χ2n) is 5.27. The number of aromatic nitrogens is 1. The molecular weight excluding hydrogens is 334 g/mol. The maximum absolute atomic E-state index is 5.29. The third kappa shape index (κ3) is 3.97. The maximum Gasteiger partial charge on any atom is 0.204 e. The standard InChI is InChI=1S/C19H19N3O2S/c1-13-18(15-7-5-4-6-8-15)21-19(25-13)22-20-12-14-9-10-16(23-2)17(11-14)24-3/h4-12H,1-3H3,(H,21,22). The van der Waals surface area contributed by atoms with E-state index < -0.39 is 0 Å². The van der Waals surface area contributed by atoms with Gasteiger partial charge in [-0.3, -0.25) is 5.43 Å². The largest absolute Gasteiger partial charge is 0.493 e. The molecule has 0 bridgehead atoms. The Labute approximate surface area is 151 Å². The first kappa shape index (κ1) is 17.0. The third-order valence-corrected chi connectivity index (χ3v) is 4.50. The molecule has 0 aliphatic rings. The van der Waals surface area contributed by atoms with Crippen LogP contribution in [0.5, 0.6) is 11.5 Å². The van der Waals surface area contributed by atoms with Crippen LogP contribution >= 0.6 is 11.3 Å². The normalized spacial score (nSPS) is 10.8. The summed E-state index contributed by atoms with van der Waals surface area (Å²) in [7, 11) is 3.22. The Bertz CT molecular complexity index is 876. The summed E-state index contributed by atoms with van der Waals surface area (Å²) in [5, 5.41) is 5.02. The molecule has 0 unspecified atom stereocenters. The first-order valence-electron chi connectivity index (χ1n) is 7.75. The van der Waals surface area contributed by atoms with Crippen LogP contribution in [0.25, 0.3) is 11.3 Å². The molecule has 0 aliphatic carbocycles. The molecule has 0 fully saturated rings. The summed E-state index contributed by atoms with van der Waals surface area (Å²) in [4.78, 5) is 5.77. The average molecular weight is 353 g/mol. The minimum atomic E-state index is 0.669. The molecule has 0 atom stereocenters. The van der Waals surface area contributed by atoms with Crippen molar-refractivity contribution in [3.8, 4) is 22.8 Å². The van der Waals surface area contributed by atoms with E-state index in [-0.39, 0.29) is 0 Å². The lowest BCUT2D eigenvalue weighted by Gasteiger charge is -2.07. The van der Waals surface area contributed by atoms with Crippen LogP contribution in [0.4, 0.5) is 5.13 Å². The van der Waals surface area contributed by atoms with Crippen molar-refractivity contribution in [3.05, 3.63) is 59.0 Å². The highest BCUT2D eigenvalue weighted by atomic mass is 32.1. The number of nitrogens with zero attached hydrogens (tertiary/aromatic N) is 2. The molecule has 3 aromatic rings. The van der Waals surface area contributed by atoms with Crippen LogP contribution in [0.1, 0.15) is 10.4 Å². The number of nitrogens with one attached hydrogen (secondary N) is 1. The Morgan fingerprint density at radius 3 is 2.52 bits per heavy atom.